The predicted octanol–water partition coefficient (Wildman–Crippen LogP) is 2.63. The smallest absolute Gasteiger partial charge is 0.0273 e. The van der Waals surface area contributed by atoms with E-state index in [9.17, 15) is 0 Å². The van der Waals surface area contributed by atoms with Gasteiger partial charge in [-0.15, -0.1) is 0 Å². The summed E-state index contributed by atoms with van der Waals surface area (Å²) in [6.07, 6.45) is 2.41. The van der Waals surface area contributed by atoms with Crippen LogP contribution in [-0.2, 0) is 6.54 Å². The number of hydrogen-bond acceptors (Lipinski definition) is 2. The molecule has 17 heavy (non-hydrogen) atoms. The Balaban J connectivity index is 2.07. The van der Waals surface area contributed by atoms with E-state index in [1.807, 2.05) is 0 Å². The molecule has 1 aromatic carbocycles. The van der Waals surface area contributed by atoms with Crippen molar-refractivity contribution in [3.63, 3.8) is 0 Å². The van der Waals surface area contributed by atoms with E-state index < -0.39 is 0 Å². The highest BCUT2D eigenvalue weighted by molar-refractivity contribution is 5.15. The van der Waals surface area contributed by atoms with E-state index in [-0.39, 0.29) is 0 Å². The number of likely N-dealkylation sites (tertiary alicyclic amines) is 1. The van der Waals surface area contributed by atoms with Crippen molar-refractivity contribution in [1.29, 1.82) is 0 Å². The summed E-state index contributed by atoms with van der Waals surface area (Å²) in [6, 6.07) is 11.6. The lowest BCUT2D eigenvalue weighted by molar-refractivity contribution is 0.0862. The zero-order valence-electron chi connectivity index (χ0n) is 11.0. The van der Waals surface area contributed by atoms with Gasteiger partial charge in [0.05, 0.1) is 0 Å². The van der Waals surface area contributed by atoms with Crippen LogP contribution in [0.15, 0.2) is 30.3 Å². The summed E-state index contributed by atoms with van der Waals surface area (Å²) in [4.78, 5) is 2.56. The first-order valence-corrected chi connectivity index (χ1v) is 6.72. The number of piperidine rings is 1. The molecule has 1 fully saturated rings. The van der Waals surface area contributed by atoms with Gasteiger partial charge in [0.25, 0.3) is 0 Å². The summed E-state index contributed by atoms with van der Waals surface area (Å²) in [6.45, 7) is 6.80. The Bertz CT molecular complexity index is 334. The van der Waals surface area contributed by atoms with E-state index in [4.69, 9.17) is 5.73 Å². The zero-order chi connectivity index (χ0) is 12.3. The third kappa shape index (κ3) is 3.08. The standard InChI is InChI=1S/C15H24N2/c1-12(2)15-14(16)9-6-10-17(15)11-13-7-4-3-5-8-13/h3-5,7-8,12,14-15H,6,9-11,16H2,1-2H3. The molecule has 0 spiro atoms. The van der Waals surface area contributed by atoms with Gasteiger partial charge >= 0.3 is 0 Å². The second-order valence-corrected chi connectivity index (χ2v) is 5.50. The Hall–Kier alpha value is -0.860. The highest BCUT2D eigenvalue weighted by atomic mass is 15.2. The lowest BCUT2D eigenvalue weighted by Crippen LogP contribution is -2.54. The minimum Gasteiger partial charge on any atom is -0.326 e. The molecule has 94 valence electrons. The van der Waals surface area contributed by atoms with Crippen molar-refractivity contribution in [2.24, 2.45) is 11.7 Å². The zero-order valence-corrected chi connectivity index (χ0v) is 11.0. The first kappa shape index (κ1) is 12.6. The van der Waals surface area contributed by atoms with Crippen molar-refractivity contribution >= 4 is 0 Å². The average Bonchev–Trinajstić information content (AvgIpc) is 2.30. The van der Waals surface area contributed by atoms with E-state index in [0.29, 0.717) is 18.0 Å². The van der Waals surface area contributed by atoms with Crippen LogP contribution in [0.5, 0.6) is 0 Å². The van der Waals surface area contributed by atoms with Gasteiger partial charge < -0.3 is 5.73 Å². The molecule has 2 nitrogen and oxygen atoms in total. The van der Waals surface area contributed by atoms with Gasteiger partial charge in [-0.1, -0.05) is 44.2 Å². The second kappa shape index (κ2) is 5.65. The number of nitrogens with zero attached hydrogens (tertiary/aromatic N) is 1. The molecule has 0 amide bonds. The number of benzene rings is 1. The summed E-state index contributed by atoms with van der Waals surface area (Å²) < 4.78 is 0. The van der Waals surface area contributed by atoms with Gasteiger partial charge in [-0.3, -0.25) is 4.90 Å². The highest BCUT2D eigenvalue weighted by Crippen LogP contribution is 2.24. The largest absolute Gasteiger partial charge is 0.326 e. The van der Waals surface area contributed by atoms with E-state index in [2.05, 4.69) is 49.1 Å². The Morgan fingerprint density at radius 3 is 2.65 bits per heavy atom. The molecule has 1 aliphatic rings. The molecular formula is C15H24N2. The SMILES string of the molecule is CC(C)C1C(N)CCCN1Cc1ccccc1. The number of rotatable bonds is 3. The van der Waals surface area contributed by atoms with E-state index >= 15 is 0 Å². The van der Waals surface area contributed by atoms with Crippen LogP contribution in [0, 0.1) is 5.92 Å². The molecule has 0 saturated carbocycles. The van der Waals surface area contributed by atoms with Crippen molar-refractivity contribution in [3.8, 4) is 0 Å². The van der Waals surface area contributed by atoms with Gasteiger partial charge in [0.2, 0.25) is 0 Å². The van der Waals surface area contributed by atoms with Gasteiger partial charge in [0.15, 0.2) is 0 Å². The lowest BCUT2D eigenvalue weighted by Gasteiger charge is -2.42. The monoisotopic (exact) mass is 232 g/mol. The van der Waals surface area contributed by atoms with Crippen LogP contribution >= 0.6 is 0 Å². The Labute approximate surface area is 105 Å². The van der Waals surface area contributed by atoms with Gasteiger partial charge in [0.1, 0.15) is 0 Å². The minimum atomic E-state index is 0.340. The van der Waals surface area contributed by atoms with E-state index in [0.717, 1.165) is 6.54 Å². The maximum Gasteiger partial charge on any atom is 0.0273 e. The molecule has 0 radical (unpaired) electrons. The first-order valence-electron chi connectivity index (χ1n) is 6.72. The van der Waals surface area contributed by atoms with Crippen LogP contribution < -0.4 is 5.73 Å². The molecular weight excluding hydrogens is 208 g/mol. The average molecular weight is 232 g/mol. The molecule has 1 aliphatic heterocycles. The molecule has 1 heterocycles. The molecule has 2 heteroatoms. The van der Waals surface area contributed by atoms with Crippen molar-refractivity contribution in [2.75, 3.05) is 6.54 Å². The maximum absolute atomic E-state index is 6.28. The van der Waals surface area contributed by atoms with Crippen LogP contribution in [0.1, 0.15) is 32.3 Å². The van der Waals surface area contributed by atoms with Crippen molar-refractivity contribution in [2.45, 2.75) is 45.3 Å². The highest BCUT2D eigenvalue weighted by Gasteiger charge is 2.30. The van der Waals surface area contributed by atoms with Gasteiger partial charge in [-0.05, 0) is 30.9 Å². The Kier molecular flexibility index (Phi) is 4.19. The topological polar surface area (TPSA) is 29.3 Å². The van der Waals surface area contributed by atoms with Gasteiger partial charge in [-0.2, -0.15) is 0 Å². The molecule has 1 aromatic rings. The Morgan fingerprint density at radius 1 is 1.29 bits per heavy atom. The van der Waals surface area contributed by atoms with Crippen LogP contribution in [0.2, 0.25) is 0 Å². The van der Waals surface area contributed by atoms with Crippen molar-refractivity contribution in [3.05, 3.63) is 35.9 Å². The maximum atomic E-state index is 6.28. The van der Waals surface area contributed by atoms with Crippen LogP contribution in [-0.4, -0.2) is 23.5 Å². The van der Waals surface area contributed by atoms with Crippen LogP contribution in [0.25, 0.3) is 0 Å². The summed E-state index contributed by atoms with van der Waals surface area (Å²) in [5.41, 5.74) is 7.68. The molecule has 2 rings (SSSR count). The molecule has 0 aromatic heterocycles. The van der Waals surface area contributed by atoms with Crippen LogP contribution in [0.3, 0.4) is 0 Å². The molecule has 2 unspecified atom stereocenters. The molecule has 2 atom stereocenters. The quantitative estimate of drug-likeness (QED) is 0.868. The van der Waals surface area contributed by atoms with Crippen molar-refractivity contribution in [1.82, 2.24) is 4.90 Å². The van der Waals surface area contributed by atoms with Crippen LogP contribution in [0.4, 0.5) is 0 Å². The van der Waals surface area contributed by atoms with Gasteiger partial charge in [-0.25, -0.2) is 0 Å². The third-order valence-corrected chi connectivity index (χ3v) is 3.75. The lowest BCUT2D eigenvalue weighted by atomic mass is 9.88. The van der Waals surface area contributed by atoms with Gasteiger partial charge in [0, 0.05) is 18.6 Å². The van der Waals surface area contributed by atoms with E-state index in [1.165, 1.54) is 24.9 Å². The third-order valence-electron chi connectivity index (χ3n) is 3.75. The summed E-state index contributed by atoms with van der Waals surface area (Å²) in [5, 5.41) is 0. The Morgan fingerprint density at radius 2 is 2.00 bits per heavy atom. The number of nitrogens with two attached hydrogens (primary N) is 1. The summed E-state index contributed by atoms with van der Waals surface area (Å²) in [5.74, 6) is 0.633. The predicted molar refractivity (Wildman–Crippen MR) is 72.7 cm³/mol. The second-order valence-electron chi connectivity index (χ2n) is 5.50. The molecule has 1 saturated heterocycles. The normalized spacial score (nSPS) is 26.4. The number of hydrogen-bond donors (Lipinski definition) is 1. The fourth-order valence-electron chi connectivity index (χ4n) is 3.04. The fourth-order valence-corrected chi connectivity index (χ4v) is 3.04. The molecule has 0 aliphatic carbocycles. The summed E-state index contributed by atoms with van der Waals surface area (Å²) in [7, 11) is 0. The minimum absolute atomic E-state index is 0.340. The van der Waals surface area contributed by atoms with E-state index in [1.54, 1.807) is 0 Å². The first-order chi connectivity index (χ1) is 8.18. The molecule has 0 bridgehead atoms. The van der Waals surface area contributed by atoms with Crippen molar-refractivity contribution < 1.29 is 0 Å². The molecule has 2 N–H and O–H groups in total. The summed E-state index contributed by atoms with van der Waals surface area (Å²) >= 11 is 0. The fraction of sp³-hybridized carbons (Fsp3) is 0.600.